The lowest BCUT2D eigenvalue weighted by Crippen LogP contribution is -2.08. The molecule has 0 unspecified atom stereocenters. The van der Waals surface area contributed by atoms with E-state index >= 15 is 0 Å². The monoisotopic (exact) mass is 354 g/mol. The van der Waals surface area contributed by atoms with Crippen LogP contribution in [-0.2, 0) is 5.75 Å². The zero-order valence-corrected chi connectivity index (χ0v) is 13.6. The van der Waals surface area contributed by atoms with Gasteiger partial charge in [-0.15, -0.1) is 0 Å². The van der Waals surface area contributed by atoms with Crippen LogP contribution in [0.5, 0.6) is 0 Å². The number of hydrogen-bond donors (Lipinski definition) is 1. The first-order chi connectivity index (χ1) is 12.2. The first kappa shape index (κ1) is 15.5. The molecule has 1 N–H and O–H groups in total. The van der Waals surface area contributed by atoms with E-state index in [1.54, 1.807) is 30.3 Å². The van der Waals surface area contributed by atoms with Crippen molar-refractivity contribution in [3.05, 3.63) is 70.6 Å². The molecule has 0 saturated carbocycles. The topological polar surface area (TPSA) is 84.7 Å². The second-order valence-corrected chi connectivity index (χ2v) is 6.16. The van der Waals surface area contributed by atoms with Gasteiger partial charge in [-0.25, -0.2) is 9.37 Å². The first-order valence-electron chi connectivity index (χ1n) is 7.39. The minimum Gasteiger partial charge on any atom is -0.338 e. The van der Waals surface area contributed by atoms with Crippen LogP contribution in [0.3, 0.4) is 0 Å². The Labute approximate surface area is 145 Å². The molecule has 0 saturated heterocycles. The van der Waals surface area contributed by atoms with Crippen LogP contribution in [-0.4, -0.2) is 20.1 Å². The molecule has 0 radical (unpaired) electrons. The molecule has 25 heavy (non-hydrogen) atoms. The Hall–Kier alpha value is -3.00. The second kappa shape index (κ2) is 6.48. The highest BCUT2D eigenvalue weighted by Gasteiger charge is 2.11. The molecule has 0 aliphatic rings. The summed E-state index contributed by atoms with van der Waals surface area (Å²) >= 11 is 1.28. The quantitative estimate of drug-likeness (QED) is 0.447. The maximum atomic E-state index is 13.3. The predicted octanol–water partition coefficient (Wildman–Crippen LogP) is 3.40. The van der Waals surface area contributed by atoms with Crippen LogP contribution in [0.15, 0.2) is 63.0 Å². The molecule has 0 amide bonds. The highest BCUT2D eigenvalue weighted by molar-refractivity contribution is 7.98. The SMILES string of the molecule is O=c1[nH]c(SCc2nc(-c3cccc(F)c3)no2)nc2ccccc12. The second-order valence-electron chi connectivity index (χ2n) is 5.20. The highest BCUT2D eigenvalue weighted by atomic mass is 32.2. The maximum Gasteiger partial charge on any atom is 0.259 e. The zero-order valence-electron chi connectivity index (χ0n) is 12.8. The number of thioether (sulfide) groups is 1. The fourth-order valence-corrected chi connectivity index (χ4v) is 3.03. The van der Waals surface area contributed by atoms with Crippen molar-refractivity contribution < 1.29 is 8.91 Å². The minimum absolute atomic E-state index is 0.195. The van der Waals surface area contributed by atoms with Gasteiger partial charge >= 0.3 is 0 Å². The molecule has 124 valence electrons. The number of para-hydroxylation sites is 1. The Morgan fingerprint density at radius 3 is 2.88 bits per heavy atom. The van der Waals surface area contributed by atoms with Crippen molar-refractivity contribution in [1.82, 2.24) is 20.1 Å². The van der Waals surface area contributed by atoms with E-state index in [1.807, 2.05) is 6.07 Å². The average Bonchev–Trinajstić information content (AvgIpc) is 3.09. The van der Waals surface area contributed by atoms with E-state index in [9.17, 15) is 9.18 Å². The van der Waals surface area contributed by atoms with E-state index in [4.69, 9.17) is 4.52 Å². The van der Waals surface area contributed by atoms with E-state index in [2.05, 4.69) is 20.1 Å². The van der Waals surface area contributed by atoms with Crippen molar-refractivity contribution in [3.8, 4) is 11.4 Å². The normalized spacial score (nSPS) is 11.1. The number of aromatic amines is 1. The lowest BCUT2D eigenvalue weighted by atomic mass is 10.2. The Bertz CT molecular complexity index is 1110. The van der Waals surface area contributed by atoms with E-state index in [-0.39, 0.29) is 11.4 Å². The number of nitrogens with one attached hydrogen (secondary N) is 1. The van der Waals surface area contributed by atoms with Crippen LogP contribution in [0.4, 0.5) is 4.39 Å². The van der Waals surface area contributed by atoms with Gasteiger partial charge in [0.2, 0.25) is 11.7 Å². The number of benzene rings is 2. The number of nitrogens with zero attached hydrogens (tertiary/aromatic N) is 3. The maximum absolute atomic E-state index is 13.3. The summed E-state index contributed by atoms with van der Waals surface area (Å²) in [5.41, 5.74) is 0.969. The van der Waals surface area contributed by atoms with Gasteiger partial charge in [0.25, 0.3) is 5.56 Å². The van der Waals surface area contributed by atoms with Crippen molar-refractivity contribution >= 4 is 22.7 Å². The van der Waals surface area contributed by atoms with Crippen LogP contribution >= 0.6 is 11.8 Å². The zero-order chi connectivity index (χ0) is 17.2. The van der Waals surface area contributed by atoms with Crippen LogP contribution in [0, 0.1) is 5.82 Å². The highest BCUT2D eigenvalue weighted by Crippen LogP contribution is 2.22. The van der Waals surface area contributed by atoms with Gasteiger partial charge in [-0.05, 0) is 24.3 Å². The molecule has 0 spiro atoms. The van der Waals surface area contributed by atoms with Gasteiger partial charge in [0.05, 0.1) is 16.7 Å². The summed E-state index contributed by atoms with van der Waals surface area (Å²) in [7, 11) is 0. The summed E-state index contributed by atoms with van der Waals surface area (Å²) in [4.78, 5) is 23.4. The van der Waals surface area contributed by atoms with Gasteiger partial charge in [-0.3, -0.25) is 4.79 Å². The van der Waals surface area contributed by atoms with Gasteiger partial charge in [-0.1, -0.05) is 41.2 Å². The van der Waals surface area contributed by atoms with E-state index in [1.165, 1.54) is 23.9 Å². The number of halogens is 1. The van der Waals surface area contributed by atoms with E-state index in [0.29, 0.717) is 39.1 Å². The fraction of sp³-hybridized carbons (Fsp3) is 0.0588. The molecule has 4 aromatic rings. The number of hydrogen-bond acceptors (Lipinski definition) is 6. The molecule has 4 rings (SSSR count). The lowest BCUT2D eigenvalue weighted by molar-refractivity contribution is 0.391. The summed E-state index contributed by atoms with van der Waals surface area (Å²) in [5, 5.41) is 4.86. The summed E-state index contributed by atoms with van der Waals surface area (Å²) in [6.07, 6.45) is 0. The lowest BCUT2D eigenvalue weighted by Gasteiger charge is -2.00. The van der Waals surface area contributed by atoms with Gasteiger partial charge in [0.15, 0.2) is 5.16 Å². The predicted molar refractivity (Wildman–Crippen MR) is 91.6 cm³/mol. The van der Waals surface area contributed by atoms with Crippen LogP contribution < -0.4 is 5.56 Å². The molecule has 2 aromatic carbocycles. The van der Waals surface area contributed by atoms with Gasteiger partial charge in [-0.2, -0.15) is 4.98 Å². The number of fused-ring (bicyclic) bond motifs is 1. The van der Waals surface area contributed by atoms with E-state index in [0.717, 1.165) is 0 Å². The van der Waals surface area contributed by atoms with Crippen LogP contribution in [0.1, 0.15) is 5.89 Å². The third-order valence-electron chi connectivity index (χ3n) is 3.47. The van der Waals surface area contributed by atoms with Crippen molar-refractivity contribution in [2.24, 2.45) is 0 Å². The first-order valence-corrected chi connectivity index (χ1v) is 8.38. The molecule has 8 heteroatoms. The van der Waals surface area contributed by atoms with Crippen molar-refractivity contribution in [3.63, 3.8) is 0 Å². The summed E-state index contributed by atoms with van der Waals surface area (Å²) in [6, 6.07) is 13.1. The fourth-order valence-electron chi connectivity index (χ4n) is 2.32. The third-order valence-corrected chi connectivity index (χ3v) is 4.33. The minimum atomic E-state index is -0.365. The summed E-state index contributed by atoms with van der Waals surface area (Å²) in [5.74, 6) is 0.648. The molecular formula is C17H11FN4O2S. The standard InChI is InChI=1S/C17H11FN4O2S/c18-11-5-3-4-10(8-11)15-20-14(24-22-15)9-25-17-19-13-7-2-1-6-12(13)16(23)21-17/h1-8H,9H2,(H,19,21,23). The molecule has 0 bridgehead atoms. The molecule has 2 aromatic heterocycles. The molecule has 2 heterocycles. The largest absolute Gasteiger partial charge is 0.338 e. The number of rotatable bonds is 4. The van der Waals surface area contributed by atoms with E-state index < -0.39 is 0 Å². The third kappa shape index (κ3) is 3.29. The van der Waals surface area contributed by atoms with Gasteiger partial charge in [0, 0.05) is 5.56 Å². The van der Waals surface area contributed by atoms with Crippen molar-refractivity contribution in [2.75, 3.05) is 0 Å². The molecule has 0 fully saturated rings. The molecule has 0 aliphatic heterocycles. The van der Waals surface area contributed by atoms with Crippen LogP contribution in [0.2, 0.25) is 0 Å². The summed E-state index contributed by atoms with van der Waals surface area (Å²) < 4.78 is 18.4. The Balaban J connectivity index is 1.53. The average molecular weight is 354 g/mol. The Morgan fingerprint density at radius 1 is 1.12 bits per heavy atom. The van der Waals surface area contributed by atoms with Crippen molar-refractivity contribution in [2.45, 2.75) is 10.9 Å². The molecule has 0 atom stereocenters. The van der Waals surface area contributed by atoms with Gasteiger partial charge in [0.1, 0.15) is 5.82 Å². The molecule has 6 nitrogen and oxygen atoms in total. The number of aromatic nitrogens is 4. The Morgan fingerprint density at radius 2 is 2.00 bits per heavy atom. The van der Waals surface area contributed by atoms with Crippen LogP contribution in [0.25, 0.3) is 22.3 Å². The smallest absolute Gasteiger partial charge is 0.259 e. The summed E-state index contributed by atoms with van der Waals surface area (Å²) in [6.45, 7) is 0. The molecular weight excluding hydrogens is 343 g/mol. The number of H-pyrrole nitrogens is 1. The van der Waals surface area contributed by atoms with Gasteiger partial charge < -0.3 is 9.51 Å². The molecule has 0 aliphatic carbocycles. The Kier molecular flexibility index (Phi) is 4.02. The van der Waals surface area contributed by atoms with Crippen molar-refractivity contribution in [1.29, 1.82) is 0 Å².